The van der Waals surface area contributed by atoms with Crippen LogP contribution in [0, 0.1) is 25.2 Å². The summed E-state index contributed by atoms with van der Waals surface area (Å²) >= 11 is 0. The molecule has 0 saturated carbocycles. The Bertz CT molecular complexity index is 888. The van der Waals surface area contributed by atoms with Gasteiger partial charge < -0.3 is 9.59 Å². The van der Waals surface area contributed by atoms with Gasteiger partial charge in [0.1, 0.15) is 11.6 Å². The highest BCUT2D eigenvalue weighted by atomic mass is 16.1. The number of nitrogens with zero attached hydrogens (tertiary/aromatic N) is 1. The van der Waals surface area contributed by atoms with Gasteiger partial charge in [0.05, 0.1) is 11.6 Å². The number of rotatable bonds is 7. The number of carbonyl (C=O) groups is 2. The number of carbonyl (C=O) groups excluding carboxylic acids is 2. The van der Waals surface area contributed by atoms with Gasteiger partial charge in [-0.05, 0) is 80.0 Å². The average Bonchev–Trinajstić information content (AvgIpc) is 2.58. The zero-order chi connectivity index (χ0) is 19.3. The summed E-state index contributed by atoms with van der Waals surface area (Å²) < 4.78 is 0. The maximum atomic E-state index is 11.4. The Labute approximate surface area is 155 Å². The van der Waals surface area contributed by atoms with Gasteiger partial charge in [-0.1, -0.05) is 24.3 Å². The van der Waals surface area contributed by atoms with Gasteiger partial charge >= 0.3 is 0 Å². The lowest BCUT2D eigenvalue weighted by Gasteiger charge is -2.16. The van der Waals surface area contributed by atoms with Crippen molar-refractivity contribution in [3.8, 4) is 17.2 Å². The first-order valence-corrected chi connectivity index (χ1v) is 8.94. The van der Waals surface area contributed by atoms with Crippen LogP contribution in [0.15, 0.2) is 30.3 Å². The van der Waals surface area contributed by atoms with E-state index in [1.807, 2.05) is 19.1 Å². The van der Waals surface area contributed by atoms with Crippen LogP contribution in [-0.4, -0.2) is 11.6 Å². The summed E-state index contributed by atoms with van der Waals surface area (Å²) in [5.41, 5.74) is 7.11. The van der Waals surface area contributed by atoms with Crippen LogP contribution < -0.4 is 0 Å². The van der Waals surface area contributed by atoms with Crippen LogP contribution in [0.25, 0.3) is 11.1 Å². The van der Waals surface area contributed by atoms with Crippen LogP contribution in [0.2, 0.25) is 0 Å². The third-order valence-electron chi connectivity index (χ3n) is 4.80. The van der Waals surface area contributed by atoms with Gasteiger partial charge in [-0.15, -0.1) is 0 Å². The summed E-state index contributed by atoms with van der Waals surface area (Å²) in [5.74, 6) is 0.353. The molecular formula is C23H25NO2. The number of hydrogen-bond acceptors (Lipinski definition) is 3. The monoisotopic (exact) mass is 347 g/mol. The van der Waals surface area contributed by atoms with Crippen molar-refractivity contribution in [1.29, 1.82) is 5.26 Å². The molecular weight excluding hydrogens is 322 g/mol. The first-order valence-electron chi connectivity index (χ1n) is 8.94. The molecule has 3 nitrogen and oxygen atoms in total. The van der Waals surface area contributed by atoms with E-state index >= 15 is 0 Å². The fourth-order valence-electron chi connectivity index (χ4n) is 3.25. The molecule has 3 heteroatoms. The van der Waals surface area contributed by atoms with E-state index in [2.05, 4.69) is 31.2 Å². The fraction of sp³-hybridized carbons (Fsp3) is 0.348. The zero-order valence-electron chi connectivity index (χ0n) is 16.0. The van der Waals surface area contributed by atoms with Gasteiger partial charge in [0.15, 0.2) is 0 Å². The standard InChI is InChI=1S/C23H25NO2/c1-15-13-21(11-9-19(15)7-5-16(2)25)23-18(4)22(14-24)12-10-20(23)8-6-17(3)26/h9-13H,5-8H2,1-4H3. The molecule has 0 N–H and O–H groups in total. The summed E-state index contributed by atoms with van der Waals surface area (Å²) in [4.78, 5) is 22.7. The summed E-state index contributed by atoms with van der Waals surface area (Å²) in [6, 6.07) is 12.3. The fourth-order valence-corrected chi connectivity index (χ4v) is 3.25. The van der Waals surface area contributed by atoms with Crippen molar-refractivity contribution in [3.63, 3.8) is 0 Å². The van der Waals surface area contributed by atoms with Crippen molar-refractivity contribution in [1.82, 2.24) is 0 Å². The van der Waals surface area contributed by atoms with Crippen LogP contribution in [0.3, 0.4) is 0 Å². The molecule has 2 aromatic rings. The van der Waals surface area contributed by atoms with Crippen molar-refractivity contribution in [2.75, 3.05) is 0 Å². The summed E-state index contributed by atoms with van der Waals surface area (Å²) in [5, 5.41) is 9.38. The predicted molar refractivity (Wildman–Crippen MR) is 104 cm³/mol. The lowest BCUT2D eigenvalue weighted by atomic mass is 9.88. The Morgan fingerprint density at radius 1 is 0.923 bits per heavy atom. The minimum Gasteiger partial charge on any atom is -0.300 e. The summed E-state index contributed by atoms with van der Waals surface area (Å²) in [7, 11) is 0. The van der Waals surface area contributed by atoms with E-state index < -0.39 is 0 Å². The van der Waals surface area contributed by atoms with Crippen LogP contribution in [0.1, 0.15) is 54.5 Å². The number of Topliss-reactive ketones (excluding diaryl/α,β-unsaturated/α-hetero) is 2. The molecule has 0 aliphatic carbocycles. The first-order chi connectivity index (χ1) is 12.3. The zero-order valence-corrected chi connectivity index (χ0v) is 16.0. The van der Waals surface area contributed by atoms with E-state index in [-0.39, 0.29) is 11.6 Å². The van der Waals surface area contributed by atoms with E-state index in [0.29, 0.717) is 24.8 Å². The molecule has 2 rings (SSSR count). The van der Waals surface area contributed by atoms with Crippen molar-refractivity contribution in [3.05, 3.63) is 58.1 Å². The molecule has 0 unspecified atom stereocenters. The largest absolute Gasteiger partial charge is 0.300 e. The molecule has 0 heterocycles. The molecule has 0 fully saturated rings. The van der Waals surface area contributed by atoms with Gasteiger partial charge in [-0.2, -0.15) is 5.26 Å². The molecule has 0 spiro atoms. The molecule has 0 aromatic heterocycles. The molecule has 0 aliphatic rings. The molecule has 134 valence electrons. The lowest BCUT2D eigenvalue weighted by Crippen LogP contribution is -2.01. The second-order valence-corrected chi connectivity index (χ2v) is 6.93. The Hall–Kier alpha value is -2.73. The van der Waals surface area contributed by atoms with Crippen LogP contribution in [0.5, 0.6) is 0 Å². The molecule has 2 aromatic carbocycles. The number of benzene rings is 2. The van der Waals surface area contributed by atoms with Gasteiger partial charge in [-0.25, -0.2) is 0 Å². The van der Waals surface area contributed by atoms with Gasteiger partial charge in [-0.3, -0.25) is 0 Å². The van der Waals surface area contributed by atoms with E-state index in [1.165, 1.54) is 5.56 Å². The Kier molecular flexibility index (Phi) is 6.46. The van der Waals surface area contributed by atoms with Crippen molar-refractivity contribution >= 4 is 11.6 Å². The van der Waals surface area contributed by atoms with E-state index in [0.717, 1.165) is 34.2 Å². The molecule has 26 heavy (non-hydrogen) atoms. The van der Waals surface area contributed by atoms with E-state index in [9.17, 15) is 14.9 Å². The minimum atomic E-state index is 0.161. The maximum Gasteiger partial charge on any atom is 0.130 e. The molecule has 0 bridgehead atoms. The van der Waals surface area contributed by atoms with Crippen molar-refractivity contribution in [2.45, 2.75) is 53.4 Å². The first kappa shape index (κ1) is 19.6. The predicted octanol–water partition coefficient (Wildman–Crippen LogP) is 4.89. The Morgan fingerprint density at radius 3 is 2.04 bits per heavy atom. The third kappa shape index (κ3) is 4.67. The number of hydrogen-bond donors (Lipinski definition) is 0. The van der Waals surface area contributed by atoms with Gasteiger partial charge in [0.2, 0.25) is 0 Å². The summed E-state index contributed by atoms with van der Waals surface area (Å²) in [6.45, 7) is 7.23. The van der Waals surface area contributed by atoms with Crippen molar-refractivity contribution < 1.29 is 9.59 Å². The summed E-state index contributed by atoms with van der Waals surface area (Å²) in [6.07, 6.45) is 2.46. The number of ketones is 2. The highest BCUT2D eigenvalue weighted by Crippen LogP contribution is 2.32. The van der Waals surface area contributed by atoms with Crippen LogP contribution >= 0.6 is 0 Å². The highest BCUT2D eigenvalue weighted by molar-refractivity contribution is 5.78. The lowest BCUT2D eigenvalue weighted by molar-refractivity contribution is -0.117. The van der Waals surface area contributed by atoms with Crippen LogP contribution in [0.4, 0.5) is 0 Å². The van der Waals surface area contributed by atoms with Gasteiger partial charge in [0, 0.05) is 12.8 Å². The average molecular weight is 347 g/mol. The number of nitriles is 1. The van der Waals surface area contributed by atoms with Crippen molar-refractivity contribution in [2.24, 2.45) is 0 Å². The topological polar surface area (TPSA) is 57.9 Å². The molecule has 0 amide bonds. The minimum absolute atomic E-state index is 0.161. The van der Waals surface area contributed by atoms with Crippen LogP contribution in [-0.2, 0) is 22.4 Å². The molecule has 0 radical (unpaired) electrons. The van der Waals surface area contributed by atoms with Gasteiger partial charge in [0.25, 0.3) is 0 Å². The normalized spacial score (nSPS) is 10.4. The van der Waals surface area contributed by atoms with E-state index in [1.54, 1.807) is 13.8 Å². The van der Waals surface area contributed by atoms with E-state index in [4.69, 9.17) is 0 Å². The highest BCUT2D eigenvalue weighted by Gasteiger charge is 2.14. The smallest absolute Gasteiger partial charge is 0.130 e. The quantitative estimate of drug-likeness (QED) is 0.717. The third-order valence-corrected chi connectivity index (χ3v) is 4.80. The number of aryl methyl sites for hydroxylation is 3. The maximum absolute atomic E-state index is 11.4. The second kappa shape index (κ2) is 8.58. The molecule has 0 saturated heterocycles. The Morgan fingerprint density at radius 2 is 1.50 bits per heavy atom. The second-order valence-electron chi connectivity index (χ2n) is 6.93. The molecule has 0 aliphatic heterocycles. The Balaban J connectivity index is 2.48. The molecule has 0 atom stereocenters. The SMILES string of the molecule is CC(=O)CCc1ccc(-c2c(CCC(C)=O)ccc(C#N)c2C)cc1C.